The molecule has 0 amide bonds. The Labute approximate surface area is 311 Å². The number of carboxylic acids is 1. The first kappa shape index (κ1) is 49.5. The highest BCUT2D eigenvalue weighted by Crippen LogP contribution is 2.43. The Kier molecular flexibility index (Phi) is 35.7. The molecule has 0 fully saturated rings. The fourth-order valence-corrected chi connectivity index (χ4v) is 6.28. The summed E-state index contributed by atoms with van der Waals surface area (Å²) >= 11 is 0. The third-order valence-corrected chi connectivity index (χ3v) is 9.68. The Hall–Kier alpha value is -1.55. The van der Waals surface area contributed by atoms with Crippen LogP contribution in [0, 0.1) is 0 Å². The smallest absolute Gasteiger partial charge is 0.472 e. The summed E-state index contributed by atoms with van der Waals surface area (Å²) in [5, 5.41) is 8.87. The van der Waals surface area contributed by atoms with Gasteiger partial charge in [0.05, 0.1) is 19.8 Å². The maximum absolute atomic E-state index is 12.6. The van der Waals surface area contributed by atoms with Crippen molar-refractivity contribution in [3.8, 4) is 0 Å². The highest BCUT2D eigenvalue weighted by molar-refractivity contribution is 7.47. The van der Waals surface area contributed by atoms with Crippen LogP contribution in [0.1, 0.15) is 181 Å². The molecule has 3 atom stereocenters. The molecule has 0 heterocycles. The fraction of sp³-hybridized carbons (Fsp3) is 0.850. The van der Waals surface area contributed by atoms with Crippen LogP contribution in [-0.2, 0) is 32.7 Å². The number of carboxylic acid groups (broad SMARTS) is 1. The second-order valence-corrected chi connectivity index (χ2v) is 15.2. The van der Waals surface area contributed by atoms with E-state index in [0.29, 0.717) is 13.0 Å². The number of phosphoric ester groups is 1. The predicted molar refractivity (Wildman–Crippen MR) is 208 cm³/mol. The third kappa shape index (κ3) is 36.6. The lowest BCUT2D eigenvalue weighted by Gasteiger charge is -2.20. The molecule has 0 aliphatic heterocycles. The number of ether oxygens (including phenoxy) is 2. The van der Waals surface area contributed by atoms with Crippen molar-refractivity contribution in [3.63, 3.8) is 0 Å². The normalized spacial score (nSPS) is 14.3. The number of aliphatic carboxylic acids is 1. The minimum Gasteiger partial charge on any atom is -0.480 e. The topological polar surface area (TPSA) is 155 Å². The number of allylic oxidation sites excluding steroid dienone is 4. The summed E-state index contributed by atoms with van der Waals surface area (Å²) in [5.41, 5.74) is 5.34. The van der Waals surface area contributed by atoms with Crippen LogP contribution in [0.3, 0.4) is 0 Å². The van der Waals surface area contributed by atoms with Gasteiger partial charge in [-0.25, -0.2) is 4.57 Å². The number of unbranched alkanes of at least 4 members (excludes halogenated alkanes) is 21. The van der Waals surface area contributed by atoms with E-state index in [1.165, 1.54) is 89.9 Å². The molecule has 0 aromatic rings. The molecule has 0 aromatic heterocycles. The van der Waals surface area contributed by atoms with Crippen LogP contribution in [-0.4, -0.2) is 60.5 Å². The highest BCUT2D eigenvalue weighted by Gasteiger charge is 2.27. The van der Waals surface area contributed by atoms with Gasteiger partial charge in [0.2, 0.25) is 0 Å². The van der Waals surface area contributed by atoms with Crippen molar-refractivity contribution in [3.05, 3.63) is 24.3 Å². The lowest BCUT2D eigenvalue weighted by atomic mass is 10.0. The zero-order valence-electron chi connectivity index (χ0n) is 32.5. The molecule has 3 unspecified atom stereocenters. The second-order valence-electron chi connectivity index (χ2n) is 13.8. The number of esters is 1. The molecule has 11 heteroatoms. The van der Waals surface area contributed by atoms with Gasteiger partial charge in [0.15, 0.2) is 0 Å². The molecular formula is C40H76NO9P. The fourth-order valence-electron chi connectivity index (χ4n) is 5.50. The zero-order chi connectivity index (χ0) is 37.7. The van der Waals surface area contributed by atoms with Gasteiger partial charge in [-0.05, 0) is 38.5 Å². The van der Waals surface area contributed by atoms with Crippen LogP contribution in [0.2, 0.25) is 0 Å². The molecule has 0 aromatic carbocycles. The summed E-state index contributed by atoms with van der Waals surface area (Å²) in [6, 6.07) is -1.47. The van der Waals surface area contributed by atoms with Crippen molar-refractivity contribution in [2.45, 2.75) is 193 Å². The average molecular weight is 746 g/mol. The maximum atomic E-state index is 12.6. The SMILES string of the molecule is CCCC/C=C\C/C=C\CCCCCCCC(=O)OC(COCCCCCCCCCCCCCCCCC)COP(=O)(O)OCC(N)C(=O)O. The van der Waals surface area contributed by atoms with Crippen LogP contribution in [0.15, 0.2) is 24.3 Å². The van der Waals surface area contributed by atoms with E-state index in [0.717, 1.165) is 64.2 Å². The van der Waals surface area contributed by atoms with Gasteiger partial charge in [-0.3, -0.25) is 18.6 Å². The lowest BCUT2D eigenvalue weighted by Crippen LogP contribution is -2.34. The van der Waals surface area contributed by atoms with E-state index < -0.39 is 45.1 Å². The van der Waals surface area contributed by atoms with Gasteiger partial charge in [-0.2, -0.15) is 0 Å². The Bertz CT molecular complexity index is 914. The average Bonchev–Trinajstić information content (AvgIpc) is 3.10. The van der Waals surface area contributed by atoms with Crippen LogP contribution in [0.5, 0.6) is 0 Å². The third-order valence-electron chi connectivity index (χ3n) is 8.73. The summed E-state index contributed by atoms with van der Waals surface area (Å²) < 4.78 is 33.3. The summed E-state index contributed by atoms with van der Waals surface area (Å²) in [6.07, 6.45) is 37.9. The van der Waals surface area contributed by atoms with Crippen molar-refractivity contribution >= 4 is 19.8 Å². The summed E-state index contributed by atoms with van der Waals surface area (Å²) in [7, 11) is -4.61. The molecule has 51 heavy (non-hydrogen) atoms. The second kappa shape index (κ2) is 36.8. The van der Waals surface area contributed by atoms with Gasteiger partial charge >= 0.3 is 19.8 Å². The molecule has 300 valence electrons. The van der Waals surface area contributed by atoms with Crippen molar-refractivity contribution in [2.75, 3.05) is 26.4 Å². The first-order chi connectivity index (χ1) is 24.7. The highest BCUT2D eigenvalue weighted by atomic mass is 31.2. The quantitative estimate of drug-likeness (QED) is 0.0240. The predicted octanol–water partition coefficient (Wildman–Crippen LogP) is 10.8. The Balaban J connectivity index is 4.28. The molecule has 0 bridgehead atoms. The van der Waals surface area contributed by atoms with Crippen molar-refractivity contribution in [1.29, 1.82) is 0 Å². The van der Waals surface area contributed by atoms with Crippen LogP contribution < -0.4 is 5.73 Å². The number of hydrogen-bond acceptors (Lipinski definition) is 8. The minimum absolute atomic E-state index is 0.0149. The molecule has 4 N–H and O–H groups in total. The maximum Gasteiger partial charge on any atom is 0.472 e. The van der Waals surface area contributed by atoms with Gasteiger partial charge in [0.25, 0.3) is 0 Å². The molecule has 0 aliphatic carbocycles. The Morgan fingerprint density at radius 3 is 1.65 bits per heavy atom. The standard InChI is InChI=1S/C40H76NO9P/c1-3-5-7-9-11-13-15-17-19-21-23-25-27-29-31-33-47-34-37(35-48-51(45,46)49-36-38(41)40(43)44)50-39(42)32-30-28-26-24-22-20-18-16-14-12-10-8-6-4-2/h10,12,16,18,37-38H,3-9,11,13-15,17,19-36,41H2,1-2H3,(H,43,44)(H,45,46)/b12-10-,18-16-. The number of carbonyl (C=O) groups excluding carboxylic acids is 1. The van der Waals surface area contributed by atoms with Crippen LogP contribution in [0.25, 0.3) is 0 Å². The number of hydrogen-bond donors (Lipinski definition) is 3. The first-order valence-corrected chi connectivity index (χ1v) is 21.9. The largest absolute Gasteiger partial charge is 0.480 e. The number of phosphoric acid groups is 1. The van der Waals surface area contributed by atoms with Gasteiger partial charge in [0.1, 0.15) is 12.1 Å². The van der Waals surface area contributed by atoms with Gasteiger partial charge < -0.3 is 25.2 Å². The Morgan fingerprint density at radius 1 is 0.627 bits per heavy atom. The molecule has 10 nitrogen and oxygen atoms in total. The minimum atomic E-state index is -4.61. The molecule has 0 rings (SSSR count). The monoisotopic (exact) mass is 746 g/mol. The molecule has 0 saturated carbocycles. The van der Waals surface area contributed by atoms with Crippen molar-refractivity contribution in [1.82, 2.24) is 0 Å². The van der Waals surface area contributed by atoms with Gasteiger partial charge in [-0.15, -0.1) is 0 Å². The van der Waals surface area contributed by atoms with E-state index in [2.05, 4.69) is 38.2 Å². The van der Waals surface area contributed by atoms with E-state index in [4.69, 9.17) is 29.4 Å². The Morgan fingerprint density at radius 2 is 1.10 bits per heavy atom. The molecule has 0 radical (unpaired) electrons. The lowest BCUT2D eigenvalue weighted by molar-refractivity contribution is -0.154. The summed E-state index contributed by atoms with van der Waals surface area (Å²) in [4.78, 5) is 33.4. The number of nitrogens with two attached hydrogens (primary N) is 1. The van der Waals surface area contributed by atoms with Gasteiger partial charge in [0, 0.05) is 13.0 Å². The van der Waals surface area contributed by atoms with E-state index in [1.807, 2.05) is 0 Å². The van der Waals surface area contributed by atoms with Crippen molar-refractivity contribution < 1.29 is 42.7 Å². The summed E-state index contributed by atoms with van der Waals surface area (Å²) in [5.74, 6) is -1.79. The molecule has 0 spiro atoms. The van der Waals surface area contributed by atoms with Gasteiger partial charge in [-0.1, -0.05) is 160 Å². The number of carbonyl (C=O) groups is 2. The van der Waals surface area contributed by atoms with Crippen molar-refractivity contribution in [2.24, 2.45) is 5.73 Å². The summed E-state index contributed by atoms with van der Waals surface area (Å²) in [6.45, 7) is 3.83. The molecular weight excluding hydrogens is 669 g/mol. The van der Waals surface area contributed by atoms with Crippen LogP contribution in [0.4, 0.5) is 0 Å². The van der Waals surface area contributed by atoms with Crippen LogP contribution >= 0.6 is 7.82 Å². The number of rotatable bonds is 39. The molecule has 0 saturated heterocycles. The first-order valence-electron chi connectivity index (χ1n) is 20.4. The van der Waals surface area contributed by atoms with E-state index in [1.54, 1.807) is 0 Å². The van der Waals surface area contributed by atoms with E-state index in [-0.39, 0.29) is 13.0 Å². The molecule has 0 aliphatic rings. The van der Waals surface area contributed by atoms with E-state index >= 15 is 0 Å². The zero-order valence-corrected chi connectivity index (χ0v) is 33.3. The van der Waals surface area contributed by atoms with E-state index in [9.17, 15) is 19.0 Å².